The Morgan fingerprint density at radius 1 is 1.11 bits per heavy atom. The van der Waals surface area contributed by atoms with E-state index < -0.39 is 9.84 Å². The third-order valence-corrected chi connectivity index (χ3v) is 5.58. The topological polar surface area (TPSA) is 70.6 Å². The van der Waals surface area contributed by atoms with Gasteiger partial charge in [-0.3, -0.25) is 4.99 Å². The van der Waals surface area contributed by atoms with Crippen LogP contribution in [0.25, 0.3) is 0 Å². The van der Waals surface area contributed by atoms with Crippen LogP contribution < -0.4 is 10.6 Å². The van der Waals surface area contributed by atoms with Crippen molar-refractivity contribution < 1.29 is 8.42 Å². The number of halogens is 1. The Kier molecular flexibility index (Phi) is 13.8. The lowest BCUT2D eigenvalue weighted by Gasteiger charge is -2.15. The van der Waals surface area contributed by atoms with E-state index in [1.165, 1.54) is 25.5 Å². The van der Waals surface area contributed by atoms with Gasteiger partial charge in [-0.05, 0) is 43.4 Å². The SMILES string of the molecule is CCCCC(CC)CN=C(NCC)NCCc1ccc(S(C)(=O)=O)cc1.I. The number of nitrogens with zero attached hydrogens (tertiary/aromatic N) is 1. The smallest absolute Gasteiger partial charge is 0.191 e. The molecule has 0 heterocycles. The number of aliphatic imine (C=N–C) groups is 1. The van der Waals surface area contributed by atoms with Gasteiger partial charge in [-0.2, -0.15) is 0 Å². The molecule has 27 heavy (non-hydrogen) atoms. The van der Waals surface area contributed by atoms with Crippen LogP contribution in [0.5, 0.6) is 0 Å². The molecule has 0 amide bonds. The van der Waals surface area contributed by atoms with E-state index in [0.29, 0.717) is 10.8 Å². The summed E-state index contributed by atoms with van der Waals surface area (Å²) < 4.78 is 23.0. The van der Waals surface area contributed by atoms with Crippen molar-refractivity contribution in [2.75, 3.05) is 25.9 Å². The van der Waals surface area contributed by atoms with Crippen molar-refractivity contribution in [1.82, 2.24) is 10.6 Å². The molecule has 0 saturated heterocycles. The van der Waals surface area contributed by atoms with Crippen molar-refractivity contribution >= 4 is 39.8 Å². The Hall–Kier alpha value is -0.830. The first kappa shape index (κ1) is 26.2. The quantitative estimate of drug-likeness (QED) is 0.269. The normalized spacial score (nSPS) is 13.0. The van der Waals surface area contributed by atoms with Crippen LogP contribution in [0.4, 0.5) is 0 Å². The van der Waals surface area contributed by atoms with Gasteiger partial charge in [-0.1, -0.05) is 45.2 Å². The van der Waals surface area contributed by atoms with E-state index in [1.807, 2.05) is 12.1 Å². The second-order valence-electron chi connectivity index (χ2n) is 6.73. The maximum absolute atomic E-state index is 11.5. The molecule has 7 heteroatoms. The largest absolute Gasteiger partial charge is 0.357 e. The number of benzene rings is 1. The summed E-state index contributed by atoms with van der Waals surface area (Å²) in [7, 11) is -3.13. The van der Waals surface area contributed by atoms with Crippen LogP contribution in [0.1, 0.15) is 52.0 Å². The van der Waals surface area contributed by atoms with E-state index in [2.05, 4.69) is 31.4 Å². The zero-order valence-corrected chi connectivity index (χ0v) is 20.3. The minimum Gasteiger partial charge on any atom is -0.357 e. The molecule has 1 unspecified atom stereocenters. The maximum atomic E-state index is 11.5. The van der Waals surface area contributed by atoms with E-state index >= 15 is 0 Å². The second-order valence-corrected chi connectivity index (χ2v) is 8.74. The summed E-state index contributed by atoms with van der Waals surface area (Å²) in [4.78, 5) is 5.09. The Morgan fingerprint density at radius 2 is 1.78 bits per heavy atom. The van der Waals surface area contributed by atoms with Gasteiger partial charge in [0, 0.05) is 25.9 Å². The Labute approximate surface area is 182 Å². The van der Waals surface area contributed by atoms with Crippen molar-refractivity contribution in [1.29, 1.82) is 0 Å². The summed E-state index contributed by atoms with van der Waals surface area (Å²) >= 11 is 0. The van der Waals surface area contributed by atoms with Crippen LogP contribution in [-0.2, 0) is 16.3 Å². The van der Waals surface area contributed by atoms with Crippen LogP contribution in [0, 0.1) is 5.92 Å². The number of sulfone groups is 1. The molecule has 0 fully saturated rings. The molecular weight excluding hydrogens is 473 g/mol. The number of hydrogen-bond donors (Lipinski definition) is 2. The molecule has 1 aromatic carbocycles. The lowest BCUT2D eigenvalue weighted by atomic mass is 10.00. The molecule has 0 radical (unpaired) electrons. The molecule has 0 aliphatic heterocycles. The lowest BCUT2D eigenvalue weighted by molar-refractivity contribution is 0.461. The summed E-state index contributed by atoms with van der Waals surface area (Å²) in [6.07, 6.45) is 6.95. The van der Waals surface area contributed by atoms with Crippen LogP contribution >= 0.6 is 24.0 Å². The highest BCUT2D eigenvalue weighted by molar-refractivity contribution is 14.0. The predicted octanol–water partition coefficient (Wildman–Crippen LogP) is 4.02. The van der Waals surface area contributed by atoms with Crippen molar-refractivity contribution in [2.45, 2.75) is 57.8 Å². The highest BCUT2D eigenvalue weighted by Crippen LogP contribution is 2.13. The van der Waals surface area contributed by atoms with Crippen molar-refractivity contribution in [2.24, 2.45) is 10.9 Å². The van der Waals surface area contributed by atoms with Crippen molar-refractivity contribution in [3.8, 4) is 0 Å². The monoisotopic (exact) mass is 509 g/mol. The zero-order chi connectivity index (χ0) is 19.4. The van der Waals surface area contributed by atoms with Gasteiger partial charge in [0.15, 0.2) is 15.8 Å². The fraction of sp³-hybridized carbons (Fsp3) is 0.650. The molecule has 2 N–H and O–H groups in total. The first-order chi connectivity index (χ1) is 12.4. The molecule has 0 spiro atoms. The van der Waals surface area contributed by atoms with Gasteiger partial charge in [0.05, 0.1) is 4.90 Å². The summed E-state index contributed by atoms with van der Waals surface area (Å²) in [6.45, 7) is 8.97. The molecule has 1 rings (SSSR count). The van der Waals surface area contributed by atoms with Crippen LogP contribution in [0.2, 0.25) is 0 Å². The molecular formula is C20H36IN3O2S. The predicted molar refractivity (Wildman–Crippen MR) is 126 cm³/mol. The molecule has 0 aliphatic carbocycles. The third kappa shape index (κ3) is 10.9. The minimum absolute atomic E-state index is 0. The number of unbranched alkanes of at least 4 members (excludes halogenated alkanes) is 1. The van der Waals surface area contributed by atoms with E-state index in [0.717, 1.165) is 44.0 Å². The molecule has 0 aromatic heterocycles. The van der Waals surface area contributed by atoms with E-state index in [9.17, 15) is 8.42 Å². The highest BCUT2D eigenvalue weighted by Gasteiger charge is 2.07. The maximum Gasteiger partial charge on any atom is 0.191 e. The van der Waals surface area contributed by atoms with Crippen LogP contribution in [0.15, 0.2) is 34.2 Å². The molecule has 5 nitrogen and oxygen atoms in total. The molecule has 156 valence electrons. The van der Waals surface area contributed by atoms with Gasteiger partial charge in [0.25, 0.3) is 0 Å². The summed E-state index contributed by atoms with van der Waals surface area (Å²) in [5, 5.41) is 6.66. The Morgan fingerprint density at radius 3 is 2.30 bits per heavy atom. The Balaban J connectivity index is 0.00000676. The summed E-state index contributed by atoms with van der Waals surface area (Å²) in [6, 6.07) is 7.09. The Bertz CT molecular complexity index is 646. The number of guanidine groups is 1. The number of hydrogen-bond acceptors (Lipinski definition) is 3. The van der Waals surface area contributed by atoms with Gasteiger partial charge in [0.2, 0.25) is 0 Å². The first-order valence-electron chi connectivity index (χ1n) is 9.71. The van der Waals surface area contributed by atoms with Gasteiger partial charge < -0.3 is 10.6 Å². The van der Waals surface area contributed by atoms with E-state index in [4.69, 9.17) is 4.99 Å². The molecule has 1 aromatic rings. The van der Waals surface area contributed by atoms with E-state index in [-0.39, 0.29) is 24.0 Å². The minimum atomic E-state index is -3.13. The van der Waals surface area contributed by atoms with Gasteiger partial charge in [-0.25, -0.2) is 8.42 Å². The molecule has 0 saturated carbocycles. The standard InChI is InChI=1S/C20H35N3O2S.HI/c1-5-8-9-17(6-2)16-23-20(21-7-3)22-15-14-18-10-12-19(13-11-18)26(4,24)25;/h10-13,17H,5-9,14-16H2,1-4H3,(H2,21,22,23);1H. The van der Waals surface area contributed by atoms with Gasteiger partial charge in [-0.15, -0.1) is 24.0 Å². The molecule has 1 atom stereocenters. The number of rotatable bonds is 11. The third-order valence-electron chi connectivity index (χ3n) is 4.45. The van der Waals surface area contributed by atoms with Gasteiger partial charge in [0.1, 0.15) is 0 Å². The molecule has 0 aliphatic rings. The zero-order valence-electron chi connectivity index (χ0n) is 17.1. The van der Waals surface area contributed by atoms with Crippen LogP contribution in [0.3, 0.4) is 0 Å². The first-order valence-corrected chi connectivity index (χ1v) is 11.6. The van der Waals surface area contributed by atoms with Crippen molar-refractivity contribution in [3.05, 3.63) is 29.8 Å². The summed E-state index contributed by atoms with van der Waals surface area (Å²) in [5.74, 6) is 1.50. The molecule has 0 bridgehead atoms. The summed E-state index contributed by atoms with van der Waals surface area (Å²) in [5.41, 5.74) is 1.11. The van der Waals surface area contributed by atoms with Crippen LogP contribution in [-0.4, -0.2) is 40.3 Å². The average molecular weight is 509 g/mol. The lowest BCUT2D eigenvalue weighted by Crippen LogP contribution is -2.38. The highest BCUT2D eigenvalue weighted by atomic mass is 127. The fourth-order valence-electron chi connectivity index (χ4n) is 2.71. The van der Waals surface area contributed by atoms with E-state index in [1.54, 1.807) is 12.1 Å². The second kappa shape index (κ2) is 14.2. The van der Waals surface area contributed by atoms with Crippen molar-refractivity contribution in [3.63, 3.8) is 0 Å². The van der Waals surface area contributed by atoms with Gasteiger partial charge >= 0.3 is 0 Å². The number of nitrogens with one attached hydrogen (secondary N) is 2. The average Bonchev–Trinajstić information content (AvgIpc) is 2.61. The fourth-order valence-corrected chi connectivity index (χ4v) is 3.34.